The molecule has 1 N–H and O–H groups in total. The average Bonchev–Trinajstić information content (AvgIpc) is 3.32. The quantitative estimate of drug-likeness (QED) is 0.375. The highest BCUT2D eigenvalue weighted by Gasteiger charge is 2.29. The van der Waals surface area contributed by atoms with E-state index in [1.165, 1.54) is 24.6 Å². The van der Waals surface area contributed by atoms with Gasteiger partial charge in [0.2, 0.25) is 0 Å². The molecule has 2 aromatic carbocycles. The first-order valence-corrected chi connectivity index (χ1v) is 12.3. The molecule has 0 spiro atoms. The van der Waals surface area contributed by atoms with Gasteiger partial charge < -0.3 is 10.0 Å². The number of fused-ring (bicyclic) bond motifs is 2. The van der Waals surface area contributed by atoms with Gasteiger partial charge in [0.1, 0.15) is 11.5 Å². The van der Waals surface area contributed by atoms with Crippen LogP contribution < -0.4 is 0 Å². The number of nitrogens with zero attached hydrogens (tertiary/aromatic N) is 4. The summed E-state index contributed by atoms with van der Waals surface area (Å²) >= 11 is 0. The van der Waals surface area contributed by atoms with Crippen molar-refractivity contribution in [1.29, 1.82) is 0 Å². The second-order valence-corrected chi connectivity index (χ2v) is 9.28. The minimum absolute atomic E-state index is 0.0625. The van der Waals surface area contributed by atoms with Gasteiger partial charge in [-0.05, 0) is 67.7 Å². The van der Waals surface area contributed by atoms with Gasteiger partial charge >= 0.3 is 5.97 Å². The Balaban J connectivity index is 1.50. The molecule has 0 radical (unpaired) electrons. The van der Waals surface area contributed by atoms with Crippen LogP contribution in [0.3, 0.4) is 0 Å². The number of benzene rings is 2. The zero-order valence-electron chi connectivity index (χ0n) is 20.9. The van der Waals surface area contributed by atoms with Crippen molar-refractivity contribution in [3.63, 3.8) is 0 Å². The van der Waals surface area contributed by atoms with Crippen molar-refractivity contribution < 1.29 is 19.1 Å². The van der Waals surface area contributed by atoms with E-state index in [-0.39, 0.29) is 23.1 Å². The molecule has 188 valence electrons. The highest BCUT2D eigenvalue weighted by atomic mass is 19.1. The number of amides is 1. The number of hydrogen-bond acceptors (Lipinski definition) is 4. The molecule has 1 atom stereocenters. The maximum atomic E-state index is 15.0. The molecule has 1 aliphatic rings. The van der Waals surface area contributed by atoms with E-state index in [0.29, 0.717) is 35.6 Å². The lowest BCUT2D eigenvalue weighted by Gasteiger charge is -2.35. The van der Waals surface area contributed by atoms with E-state index >= 15 is 4.39 Å². The highest BCUT2D eigenvalue weighted by molar-refractivity contribution is 5.93. The topological polar surface area (TPSA) is 87.8 Å². The Morgan fingerprint density at radius 2 is 1.95 bits per heavy atom. The van der Waals surface area contributed by atoms with Gasteiger partial charge in [-0.1, -0.05) is 37.3 Å². The smallest absolute Gasteiger partial charge is 0.331 e. The number of aryl methyl sites for hydroxylation is 1. The summed E-state index contributed by atoms with van der Waals surface area (Å²) in [5.74, 6) is -1.72. The molecular formula is C29H27FN4O3. The van der Waals surface area contributed by atoms with Crippen molar-refractivity contribution >= 4 is 23.6 Å². The van der Waals surface area contributed by atoms with Crippen LogP contribution in [-0.2, 0) is 17.6 Å². The molecule has 4 aromatic rings. The number of rotatable bonds is 5. The Hall–Kier alpha value is -4.33. The maximum Gasteiger partial charge on any atom is 0.331 e. The molecule has 0 saturated heterocycles. The SMILES string of the molecule is CCc1cc(C(=O)N2CCc3ccccc3C2C)nc2cc(-c3ccc(/C=C(\C)C(=O)O)cc3F)nn12. The van der Waals surface area contributed by atoms with Crippen LogP contribution in [0.25, 0.3) is 23.0 Å². The second-order valence-electron chi connectivity index (χ2n) is 9.28. The number of carbonyl (C=O) groups excluding carboxylic acids is 1. The first kappa shape index (κ1) is 24.4. The van der Waals surface area contributed by atoms with Crippen LogP contribution in [0.2, 0.25) is 0 Å². The number of carboxylic acids is 1. The van der Waals surface area contributed by atoms with Crippen LogP contribution in [0.5, 0.6) is 0 Å². The zero-order chi connectivity index (χ0) is 26.3. The summed E-state index contributed by atoms with van der Waals surface area (Å²) in [4.78, 5) is 31.1. The number of aromatic nitrogens is 3. The summed E-state index contributed by atoms with van der Waals surface area (Å²) in [5.41, 5.74) is 5.22. The fraction of sp³-hybridized carbons (Fsp3) is 0.241. The van der Waals surface area contributed by atoms with E-state index in [1.807, 2.05) is 30.9 Å². The van der Waals surface area contributed by atoms with Crippen LogP contribution in [0.4, 0.5) is 4.39 Å². The number of carboxylic acid groups (broad SMARTS) is 1. The van der Waals surface area contributed by atoms with Crippen molar-refractivity contribution in [1.82, 2.24) is 19.5 Å². The van der Waals surface area contributed by atoms with Gasteiger partial charge in [0.15, 0.2) is 5.65 Å². The third-order valence-corrected chi connectivity index (χ3v) is 6.93. The van der Waals surface area contributed by atoms with Crippen molar-refractivity contribution in [3.8, 4) is 11.3 Å². The zero-order valence-corrected chi connectivity index (χ0v) is 20.9. The summed E-state index contributed by atoms with van der Waals surface area (Å²) in [6.45, 7) is 6.07. The van der Waals surface area contributed by atoms with Crippen LogP contribution in [-0.4, -0.2) is 43.0 Å². The van der Waals surface area contributed by atoms with Gasteiger partial charge in [-0.15, -0.1) is 0 Å². The van der Waals surface area contributed by atoms with Gasteiger partial charge in [0.05, 0.1) is 11.7 Å². The third kappa shape index (κ3) is 4.50. The fourth-order valence-corrected chi connectivity index (χ4v) is 4.87. The van der Waals surface area contributed by atoms with E-state index in [1.54, 1.807) is 28.8 Å². The molecule has 2 aromatic heterocycles. The van der Waals surface area contributed by atoms with Gasteiger partial charge in [-0.3, -0.25) is 4.79 Å². The lowest BCUT2D eigenvalue weighted by atomic mass is 9.93. The second kappa shape index (κ2) is 9.61. The van der Waals surface area contributed by atoms with Crippen molar-refractivity contribution in [2.75, 3.05) is 6.54 Å². The van der Waals surface area contributed by atoms with Gasteiger partial charge in [0.25, 0.3) is 5.91 Å². The molecule has 0 saturated carbocycles. The molecule has 3 heterocycles. The van der Waals surface area contributed by atoms with Gasteiger partial charge in [-0.2, -0.15) is 5.10 Å². The van der Waals surface area contributed by atoms with E-state index in [0.717, 1.165) is 17.7 Å². The third-order valence-electron chi connectivity index (χ3n) is 6.93. The monoisotopic (exact) mass is 498 g/mol. The van der Waals surface area contributed by atoms with E-state index < -0.39 is 11.8 Å². The maximum absolute atomic E-state index is 15.0. The Morgan fingerprint density at radius 1 is 1.16 bits per heavy atom. The van der Waals surface area contributed by atoms with Crippen LogP contribution in [0.15, 0.2) is 60.2 Å². The van der Waals surface area contributed by atoms with Crippen molar-refractivity contribution in [2.24, 2.45) is 0 Å². The summed E-state index contributed by atoms with van der Waals surface area (Å²) < 4.78 is 16.6. The largest absolute Gasteiger partial charge is 0.478 e. The summed E-state index contributed by atoms with van der Waals surface area (Å²) in [6, 6.07) is 16.1. The molecule has 37 heavy (non-hydrogen) atoms. The van der Waals surface area contributed by atoms with E-state index in [9.17, 15) is 9.59 Å². The van der Waals surface area contributed by atoms with Gasteiger partial charge in [-0.25, -0.2) is 18.7 Å². The molecule has 1 amide bonds. The fourth-order valence-electron chi connectivity index (χ4n) is 4.87. The Bertz CT molecular complexity index is 1570. The molecule has 8 heteroatoms. The number of halogens is 1. The Morgan fingerprint density at radius 3 is 2.68 bits per heavy atom. The molecular weight excluding hydrogens is 471 g/mol. The summed E-state index contributed by atoms with van der Waals surface area (Å²) in [7, 11) is 0. The van der Waals surface area contributed by atoms with Crippen molar-refractivity contribution in [3.05, 3.63) is 94.1 Å². The van der Waals surface area contributed by atoms with E-state index in [2.05, 4.69) is 22.2 Å². The number of carbonyl (C=O) groups is 2. The van der Waals surface area contributed by atoms with Gasteiger partial charge in [0, 0.05) is 29.4 Å². The minimum Gasteiger partial charge on any atom is -0.478 e. The minimum atomic E-state index is -1.06. The predicted octanol–water partition coefficient (Wildman–Crippen LogP) is 5.35. The van der Waals surface area contributed by atoms with Crippen molar-refractivity contribution in [2.45, 2.75) is 39.7 Å². The van der Waals surface area contributed by atoms with Crippen LogP contribution in [0, 0.1) is 5.82 Å². The summed E-state index contributed by atoms with van der Waals surface area (Å²) in [5, 5.41) is 13.6. The van der Waals surface area contributed by atoms with Crippen LogP contribution >= 0.6 is 0 Å². The highest BCUT2D eigenvalue weighted by Crippen LogP contribution is 2.31. The normalized spacial score (nSPS) is 15.6. The van der Waals surface area contributed by atoms with Crippen LogP contribution in [0.1, 0.15) is 59.7 Å². The molecule has 0 bridgehead atoms. The molecule has 7 nitrogen and oxygen atoms in total. The molecule has 1 aliphatic heterocycles. The number of aliphatic carboxylic acids is 1. The molecule has 0 fully saturated rings. The Kier molecular flexibility index (Phi) is 6.33. The first-order valence-electron chi connectivity index (χ1n) is 12.3. The number of hydrogen-bond donors (Lipinski definition) is 1. The Labute approximate surface area is 213 Å². The van der Waals surface area contributed by atoms with E-state index in [4.69, 9.17) is 5.11 Å². The lowest BCUT2D eigenvalue weighted by molar-refractivity contribution is -0.132. The molecule has 0 aliphatic carbocycles. The predicted molar refractivity (Wildman–Crippen MR) is 139 cm³/mol. The molecule has 1 unspecified atom stereocenters. The summed E-state index contributed by atoms with van der Waals surface area (Å²) in [6.07, 6.45) is 2.81. The standard InChI is InChI=1S/C29H27FN4O3/c1-4-21-15-26(28(35)33-12-11-20-7-5-6-8-22(20)18(33)3)31-27-16-25(32-34(21)27)23-10-9-19(14-24(23)30)13-17(2)29(36)37/h5-10,13-16,18H,4,11-12H2,1-3H3,(H,36,37)/b17-13+. The molecule has 5 rings (SSSR count). The lowest BCUT2D eigenvalue weighted by Crippen LogP contribution is -2.39. The average molecular weight is 499 g/mol. The first-order chi connectivity index (χ1) is 17.8.